The maximum atomic E-state index is 13.6. The fourth-order valence-corrected chi connectivity index (χ4v) is 3.63. The lowest BCUT2D eigenvalue weighted by atomic mass is 9.90. The zero-order valence-corrected chi connectivity index (χ0v) is 15.2. The molecule has 1 heterocycles. The highest BCUT2D eigenvalue weighted by atomic mass is 32.2. The van der Waals surface area contributed by atoms with Gasteiger partial charge in [0.15, 0.2) is 0 Å². The summed E-state index contributed by atoms with van der Waals surface area (Å²) in [6, 6.07) is 1.66. The van der Waals surface area contributed by atoms with Crippen molar-refractivity contribution in [2.24, 2.45) is 0 Å². The lowest BCUT2D eigenvalue weighted by molar-refractivity contribution is -0.138. The fraction of sp³-hybridized carbons (Fsp3) is 0.588. The standard InChI is InChI=1S/C17H20F3N3OS/c1-16(2,3)23-13(24)9-25-15-11(8-21)14(17(18,19)20)10-6-4-5-7-12(10)22-15/h4-7,9H2,1-3H3,(H,23,24). The predicted molar refractivity (Wildman–Crippen MR) is 89.2 cm³/mol. The highest BCUT2D eigenvalue weighted by molar-refractivity contribution is 8.00. The Balaban J connectivity index is 2.38. The minimum Gasteiger partial charge on any atom is -0.351 e. The van der Waals surface area contributed by atoms with Crippen molar-refractivity contribution in [2.45, 2.75) is 63.2 Å². The number of thioether (sulfide) groups is 1. The van der Waals surface area contributed by atoms with Crippen LogP contribution in [-0.4, -0.2) is 22.2 Å². The second-order valence-electron chi connectivity index (χ2n) is 7.00. The number of carbonyl (C=O) groups excluding carboxylic acids is 1. The Morgan fingerprint density at radius 1 is 1.28 bits per heavy atom. The molecule has 0 aromatic carbocycles. The summed E-state index contributed by atoms with van der Waals surface area (Å²) in [5.41, 5.74) is -1.24. The number of rotatable bonds is 3. The van der Waals surface area contributed by atoms with E-state index in [0.717, 1.165) is 18.2 Å². The van der Waals surface area contributed by atoms with Gasteiger partial charge in [0, 0.05) is 11.2 Å². The predicted octanol–water partition coefficient (Wildman–Crippen LogP) is 3.86. The number of hydrogen-bond donors (Lipinski definition) is 1. The summed E-state index contributed by atoms with van der Waals surface area (Å²) < 4.78 is 40.7. The number of halogens is 3. The molecule has 0 unspecified atom stereocenters. The minimum atomic E-state index is -4.61. The number of fused-ring (bicyclic) bond motifs is 1. The lowest BCUT2D eigenvalue weighted by Crippen LogP contribution is -2.41. The van der Waals surface area contributed by atoms with Gasteiger partial charge in [0.25, 0.3) is 0 Å². The zero-order chi connectivity index (χ0) is 18.8. The van der Waals surface area contributed by atoms with Crippen molar-refractivity contribution >= 4 is 17.7 Å². The lowest BCUT2D eigenvalue weighted by Gasteiger charge is -2.23. The molecule has 1 aromatic rings. The second kappa shape index (κ2) is 7.24. The summed E-state index contributed by atoms with van der Waals surface area (Å²) in [6.07, 6.45) is -2.44. The monoisotopic (exact) mass is 371 g/mol. The van der Waals surface area contributed by atoms with Gasteiger partial charge in [-0.1, -0.05) is 11.8 Å². The molecule has 0 fully saturated rings. The van der Waals surface area contributed by atoms with Crippen LogP contribution in [0.4, 0.5) is 13.2 Å². The molecule has 8 heteroatoms. The van der Waals surface area contributed by atoms with Gasteiger partial charge in [-0.25, -0.2) is 4.98 Å². The quantitative estimate of drug-likeness (QED) is 0.820. The smallest absolute Gasteiger partial charge is 0.351 e. The number of carbonyl (C=O) groups is 1. The van der Waals surface area contributed by atoms with Crippen LogP contribution in [0.2, 0.25) is 0 Å². The molecule has 1 aliphatic rings. The number of pyridine rings is 1. The van der Waals surface area contributed by atoms with Crippen molar-refractivity contribution in [1.29, 1.82) is 5.26 Å². The molecule has 0 radical (unpaired) electrons. The molecule has 0 spiro atoms. The van der Waals surface area contributed by atoms with Gasteiger partial charge in [-0.15, -0.1) is 0 Å². The molecule has 0 saturated heterocycles. The van der Waals surface area contributed by atoms with Gasteiger partial charge in [0.2, 0.25) is 5.91 Å². The van der Waals surface area contributed by atoms with Gasteiger partial charge in [-0.05, 0) is 52.0 Å². The average Bonchev–Trinajstić information content (AvgIpc) is 2.48. The number of aryl methyl sites for hydroxylation is 1. The van der Waals surface area contributed by atoms with Crippen LogP contribution in [0.1, 0.15) is 56.0 Å². The first-order valence-electron chi connectivity index (χ1n) is 8.00. The number of alkyl halides is 3. The van der Waals surface area contributed by atoms with Gasteiger partial charge < -0.3 is 5.32 Å². The molecule has 1 aliphatic carbocycles. The molecular weight excluding hydrogens is 351 g/mol. The van der Waals surface area contributed by atoms with Crippen LogP contribution in [0.5, 0.6) is 0 Å². The Labute approximate surface area is 149 Å². The molecule has 1 aromatic heterocycles. The van der Waals surface area contributed by atoms with Gasteiger partial charge in [-0.2, -0.15) is 18.4 Å². The Morgan fingerprint density at radius 2 is 1.92 bits per heavy atom. The van der Waals surface area contributed by atoms with E-state index in [-0.39, 0.29) is 28.7 Å². The zero-order valence-electron chi connectivity index (χ0n) is 14.4. The van der Waals surface area contributed by atoms with Crippen molar-refractivity contribution in [3.05, 3.63) is 22.4 Å². The van der Waals surface area contributed by atoms with E-state index in [4.69, 9.17) is 0 Å². The van der Waals surface area contributed by atoms with Crippen LogP contribution in [-0.2, 0) is 23.8 Å². The largest absolute Gasteiger partial charge is 0.418 e. The third kappa shape index (κ3) is 4.88. The Bertz CT molecular complexity index is 718. The molecular formula is C17H20F3N3OS. The van der Waals surface area contributed by atoms with Crippen LogP contribution in [0.3, 0.4) is 0 Å². The van der Waals surface area contributed by atoms with E-state index in [1.165, 1.54) is 0 Å². The SMILES string of the molecule is CC(C)(C)NC(=O)CSc1nc2c(c(C(F)(F)F)c1C#N)CCCC2. The summed E-state index contributed by atoms with van der Waals surface area (Å²) in [4.78, 5) is 16.2. The first kappa shape index (κ1) is 19.6. The molecule has 0 saturated carbocycles. The number of nitrogens with zero attached hydrogens (tertiary/aromatic N) is 2. The van der Waals surface area contributed by atoms with Crippen molar-refractivity contribution in [2.75, 3.05) is 5.75 Å². The van der Waals surface area contributed by atoms with Gasteiger partial charge in [0.05, 0.1) is 16.9 Å². The Hall–Kier alpha value is -1.75. The van der Waals surface area contributed by atoms with Gasteiger partial charge >= 0.3 is 6.18 Å². The van der Waals surface area contributed by atoms with E-state index in [1.54, 1.807) is 6.07 Å². The third-order valence-corrected chi connectivity index (χ3v) is 4.67. The first-order chi connectivity index (χ1) is 11.5. The molecule has 0 aliphatic heterocycles. The van der Waals surface area contributed by atoms with E-state index in [0.29, 0.717) is 18.5 Å². The Morgan fingerprint density at radius 3 is 2.48 bits per heavy atom. The summed E-state index contributed by atoms with van der Waals surface area (Å²) in [5.74, 6) is -0.399. The minimum absolute atomic E-state index is 0.0143. The van der Waals surface area contributed by atoms with E-state index in [9.17, 15) is 23.2 Å². The highest BCUT2D eigenvalue weighted by Gasteiger charge is 2.40. The van der Waals surface area contributed by atoms with E-state index in [1.807, 2.05) is 20.8 Å². The first-order valence-corrected chi connectivity index (χ1v) is 8.98. The number of nitriles is 1. The molecule has 0 atom stereocenters. The number of hydrogen-bond acceptors (Lipinski definition) is 4. The molecule has 0 bridgehead atoms. The Kier molecular flexibility index (Phi) is 5.67. The van der Waals surface area contributed by atoms with Crippen LogP contribution >= 0.6 is 11.8 Å². The molecule has 25 heavy (non-hydrogen) atoms. The molecule has 1 N–H and O–H groups in total. The van der Waals surface area contributed by atoms with Gasteiger partial charge in [0.1, 0.15) is 11.1 Å². The summed E-state index contributed by atoms with van der Waals surface area (Å²) in [5, 5.41) is 12.0. The van der Waals surface area contributed by atoms with Crippen molar-refractivity contribution in [1.82, 2.24) is 10.3 Å². The third-order valence-electron chi connectivity index (χ3n) is 3.69. The molecule has 4 nitrogen and oxygen atoms in total. The highest BCUT2D eigenvalue weighted by Crippen LogP contribution is 2.41. The average molecular weight is 371 g/mol. The van der Waals surface area contributed by atoms with Crippen LogP contribution < -0.4 is 5.32 Å². The van der Waals surface area contributed by atoms with Crippen molar-refractivity contribution < 1.29 is 18.0 Å². The molecule has 1 amide bonds. The molecule has 136 valence electrons. The van der Waals surface area contributed by atoms with Crippen molar-refractivity contribution in [3.63, 3.8) is 0 Å². The van der Waals surface area contributed by atoms with Gasteiger partial charge in [-0.3, -0.25) is 4.79 Å². The maximum Gasteiger partial charge on any atom is 0.418 e. The summed E-state index contributed by atoms with van der Waals surface area (Å²) in [6.45, 7) is 5.44. The summed E-state index contributed by atoms with van der Waals surface area (Å²) in [7, 11) is 0. The molecule has 2 rings (SSSR count). The summed E-state index contributed by atoms with van der Waals surface area (Å²) >= 11 is 0.878. The van der Waals surface area contributed by atoms with E-state index < -0.39 is 22.8 Å². The maximum absolute atomic E-state index is 13.6. The van der Waals surface area contributed by atoms with Crippen LogP contribution in [0, 0.1) is 11.3 Å². The number of aromatic nitrogens is 1. The number of nitrogens with one attached hydrogen (secondary N) is 1. The second-order valence-corrected chi connectivity index (χ2v) is 7.96. The van der Waals surface area contributed by atoms with E-state index >= 15 is 0 Å². The number of amides is 1. The topological polar surface area (TPSA) is 65.8 Å². The van der Waals surface area contributed by atoms with E-state index in [2.05, 4.69) is 10.3 Å². The van der Waals surface area contributed by atoms with Crippen LogP contribution in [0.15, 0.2) is 5.03 Å². The normalized spacial score (nSPS) is 14.6. The van der Waals surface area contributed by atoms with Crippen LogP contribution in [0.25, 0.3) is 0 Å². The fourth-order valence-electron chi connectivity index (χ4n) is 2.83. The van der Waals surface area contributed by atoms with Crippen molar-refractivity contribution in [3.8, 4) is 6.07 Å².